The van der Waals surface area contributed by atoms with Crippen molar-refractivity contribution in [2.75, 3.05) is 20.3 Å². The van der Waals surface area contributed by atoms with Gasteiger partial charge in [-0.15, -0.1) is 0 Å². The third-order valence-corrected chi connectivity index (χ3v) is 3.69. The fraction of sp³-hybridized carbons (Fsp3) is 0.250. The monoisotopic (exact) mass is 326 g/mol. The minimum Gasteiger partial charge on any atom is -0.491 e. The molecule has 2 rings (SSSR count). The molecule has 1 atom stereocenters. The number of aliphatic hydroxyl groups is 1. The van der Waals surface area contributed by atoms with E-state index in [1.807, 2.05) is 12.1 Å². The van der Waals surface area contributed by atoms with Crippen LogP contribution >= 0.6 is 23.2 Å². The average Bonchev–Trinajstić information content (AvgIpc) is 2.47. The second-order valence-corrected chi connectivity index (χ2v) is 5.23. The summed E-state index contributed by atoms with van der Waals surface area (Å²) in [6.07, 6.45) is -0.954. The van der Waals surface area contributed by atoms with Crippen LogP contribution in [0.2, 0.25) is 10.0 Å². The highest BCUT2D eigenvalue weighted by Crippen LogP contribution is 2.37. The molecule has 0 fully saturated rings. The third-order valence-electron chi connectivity index (χ3n) is 3.03. The molecule has 0 amide bonds. The van der Waals surface area contributed by atoms with Crippen LogP contribution in [0.25, 0.3) is 0 Å². The van der Waals surface area contributed by atoms with Gasteiger partial charge in [-0.1, -0.05) is 47.5 Å². The Balaban J connectivity index is 2.32. The first-order chi connectivity index (χ1) is 10.1. The Morgan fingerprint density at radius 2 is 1.67 bits per heavy atom. The predicted molar refractivity (Wildman–Crippen MR) is 84.3 cm³/mol. The van der Waals surface area contributed by atoms with E-state index in [0.717, 1.165) is 0 Å². The largest absolute Gasteiger partial charge is 0.491 e. The van der Waals surface area contributed by atoms with Gasteiger partial charge in [0.25, 0.3) is 0 Å². The summed E-state index contributed by atoms with van der Waals surface area (Å²) in [6.45, 7) is 0.869. The molecule has 5 heteroatoms. The molecule has 0 aromatic heterocycles. The molecule has 112 valence electrons. The lowest BCUT2D eigenvalue weighted by molar-refractivity contribution is 0.142. The van der Waals surface area contributed by atoms with E-state index >= 15 is 0 Å². The number of aliphatic hydroxyl groups excluding tert-OH is 1. The van der Waals surface area contributed by atoms with Crippen molar-refractivity contribution in [3.05, 3.63) is 63.6 Å². The van der Waals surface area contributed by atoms with Crippen LogP contribution < -0.4 is 4.74 Å². The van der Waals surface area contributed by atoms with E-state index in [0.29, 0.717) is 40.1 Å². The van der Waals surface area contributed by atoms with Gasteiger partial charge in [-0.25, -0.2) is 0 Å². The molecule has 2 aromatic rings. The van der Waals surface area contributed by atoms with E-state index in [1.165, 1.54) is 0 Å². The molecule has 21 heavy (non-hydrogen) atoms. The van der Waals surface area contributed by atoms with E-state index in [2.05, 4.69) is 0 Å². The van der Waals surface area contributed by atoms with Crippen molar-refractivity contribution in [3.63, 3.8) is 0 Å². The van der Waals surface area contributed by atoms with E-state index in [-0.39, 0.29) is 0 Å². The standard InChI is InChI=1S/C16H16Cl2O3/c1-20-9-10-21-14-8-3-2-5-11(14)16(19)15-12(17)6-4-7-13(15)18/h2-8,16,19H,9-10H2,1H3. The lowest BCUT2D eigenvalue weighted by Crippen LogP contribution is -2.09. The topological polar surface area (TPSA) is 38.7 Å². The van der Waals surface area contributed by atoms with Crippen molar-refractivity contribution in [3.8, 4) is 5.75 Å². The Morgan fingerprint density at radius 1 is 1.00 bits per heavy atom. The molecule has 0 aliphatic carbocycles. The van der Waals surface area contributed by atoms with Gasteiger partial charge < -0.3 is 14.6 Å². The van der Waals surface area contributed by atoms with E-state index in [9.17, 15) is 5.11 Å². The normalized spacial score (nSPS) is 12.2. The van der Waals surface area contributed by atoms with Crippen LogP contribution in [0.5, 0.6) is 5.75 Å². The van der Waals surface area contributed by atoms with Crippen molar-refractivity contribution in [2.24, 2.45) is 0 Å². The molecule has 0 saturated heterocycles. The molecular formula is C16H16Cl2O3. The van der Waals surface area contributed by atoms with Gasteiger partial charge in [-0.3, -0.25) is 0 Å². The Kier molecular flexibility index (Phi) is 5.88. The second-order valence-electron chi connectivity index (χ2n) is 4.42. The van der Waals surface area contributed by atoms with Crippen LogP contribution in [0.15, 0.2) is 42.5 Å². The Morgan fingerprint density at radius 3 is 2.33 bits per heavy atom. The van der Waals surface area contributed by atoms with Crippen molar-refractivity contribution in [1.82, 2.24) is 0 Å². The summed E-state index contributed by atoms with van der Waals surface area (Å²) < 4.78 is 10.6. The number of halogens is 2. The first kappa shape index (κ1) is 16.1. The summed E-state index contributed by atoms with van der Waals surface area (Å²) in [6, 6.07) is 12.4. The van der Waals surface area contributed by atoms with Crippen molar-refractivity contribution in [2.45, 2.75) is 6.10 Å². The Hall–Kier alpha value is -1.26. The Bertz CT molecular complexity index is 582. The van der Waals surface area contributed by atoms with Gasteiger partial charge in [0.15, 0.2) is 0 Å². The van der Waals surface area contributed by atoms with E-state index < -0.39 is 6.10 Å². The average molecular weight is 327 g/mol. The number of hydrogen-bond acceptors (Lipinski definition) is 3. The van der Waals surface area contributed by atoms with Crippen LogP contribution in [0.4, 0.5) is 0 Å². The molecule has 0 heterocycles. The zero-order valence-electron chi connectivity index (χ0n) is 11.6. The summed E-state index contributed by atoms with van der Waals surface area (Å²) in [5, 5.41) is 11.4. The van der Waals surface area contributed by atoms with Gasteiger partial charge >= 0.3 is 0 Å². The molecule has 3 nitrogen and oxygen atoms in total. The number of hydrogen-bond donors (Lipinski definition) is 1. The van der Waals surface area contributed by atoms with Gasteiger partial charge in [0.05, 0.1) is 6.61 Å². The number of methoxy groups -OCH3 is 1. The zero-order valence-corrected chi connectivity index (χ0v) is 13.1. The van der Waals surface area contributed by atoms with Gasteiger partial charge in [-0.2, -0.15) is 0 Å². The fourth-order valence-electron chi connectivity index (χ4n) is 2.00. The summed E-state index contributed by atoms with van der Waals surface area (Å²) >= 11 is 12.3. The molecule has 0 spiro atoms. The van der Waals surface area contributed by atoms with Crippen LogP contribution in [-0.2, 0) is 4.74 Å². The maximum atomic E-state index is 10.6. The molecule has 2 aromatic carbocycles. The van der Waals surface area contributed by atoms with E-state index in [1.54, 1.807) is 37.4 Å². The van der Waals surface area contributed by atoms with Gasteiger partial charge in [0.2, 0.25) is 0 Å². The molecule has 0 saturated carbocycles. The molecule has 1 unspecified atom stereocenters. The van der Waals surface area contributed by atoms with Crippen molar-refractivity contribution < 1.29 is 14.6 Å². The lowest BCUT2D eigenvalue weighted by atomic mass is 10.0. The third kappa shape index (κ3) is 3.89. The molecule has 0 aliphatic rings. The molecular weight excluding hydrogens is 311 g/mol. The number of para-hydroxylation sites is 1. The number of benzene rings is 2. The van der Waals surface area contributed by atoms with Crippen LogP contribution in [-0.4, -0.2) is 25.4 Å². The molecule has 0 aliphatic heterocycles. The minimum absolute atomic E-state index is 0.399. The van der Waals surface area contributed by atoms with Gasteiger partial charge in [0.1, 0.15) is 18.5 Å². The predicted octanol–water partition coefficient (Wildman–Crippen LogP) is 4.10. The van der Waals surface area contributed by atoms with Crippen LogP contribution in [0.3, 0.4) is 0 Å². The van der Waals surface area contributed by atoms with E-state index in [4.69, 9.17) is 32.7 Å². The number of ether oxygens (including phenoxy) is 2. The first-order valence-electron chi connectivity index (χ1n) is 6.47. The van der Waals surface area contributed by atoms with Crippen LogP contribution in [0, 0.1) is 0 Å². The zero-order chi connectivity index (χ0) is 15.2. The number of rotatable bonds is 6. The summed E-state index contributed by atoms with van der Waals surface area (Å²) in [5.41, 5.74) is 1.09. The van der Waals surface area contributed by atoms with Crippen molar-refractivity contribution >= 4 is 23.2 Å². The lowest BCUT2D eigenvalue weighted by Gasteiger charge is -2.18. The first-order valence-corrected chi connectivity index (χ1v) is 7.23. The summed E-state index contributed by atoms with van der Waals surface area (Å²) in [5.74, 6) is 0.582. The van der Waals surface area contributed by atoms with Gasteiger partial charge in [-0.05, 0) is 18.2 Å². The highest BCUT2D eigenvalue weighted by molar-refractivity contribution is 6.36. The minimum atomic E-state index is -0.954. The molecule has 0 bridgehead atoms. The smallest absolute Gasteiger partial charge is 0.125 e. The van der Waals surface area contributed by atoms with Crippen LogP contribution in [0.1, 0.15) is 17.2 Å². The maximum Gasteiger partial charge on any atom is 0.125 e. The summed E-state index contributed by atoms with van der Waals surface area (Å²) in [7, 11) is 1.60. The highest BCUT2D eigenvalue weighted by Gasteiger charge is 2.20. The molecule has 1 N–H and O–H groups in total. The molecule has 0 radical (unpaired) electrons. The Labute approximate surface area is 134 Å². The maximum absolute atomic E-state index is 10.6. The second kappa shape index (κ2) is 7.66. The summed E-state index contributed by atoms with van der Waals surface area (Å²) in [4.78, 5) is 0. The quantitative estimate of drug-likeness (QED) is 0.812. The highest BCUT2D eigenvalue weighted by atomic mass is 35.5. The fourth-order valence-corrected chi connectivity index (χ4v) is 2.60. The SMILES string of the molecule is COCCOc1ccccc1C(O)c1c(Cl)cccc1Cl. The van der Waals surface area contributed by atoms with Crippen molar-refractivity contribution in [1.29, 1.82) is 0 Å². The van der Waals surface area contributed by atoms with Gasteiger partial charge in [0, 0.05) is 28.3 Å².